The molecule has 0 radical (unpaired) electrons. The molecule has 0 saturated carbocycles. The molecule has 13 heavy (non-hydrogen) atoms. The van der Waals surface area contributed by atoms with Crippen LogP contribution in [-0.4, -0.2) is 24.4 Å². The van der Waals surface area contributed by atoms with Crippen LogP contribution >= 0.6 is 0 Å². The average Bonchev–Trinajstić information content (AvgIpc) is 2.11. The molecule has 3 nitrogen and oxygen atoms in total. The molecule has 3 heteroatoms. The molecule has 70 valence electrons. The summed E-state index contributed by atoms with van der Waals surface area (Å²) in [4.78, 5) is 12.9. The molecule has 1 amide bonds. The van der Waals surface area contributed by atoms with E-state index in [0.29, 0.717) is 6.54 Å². The lowest BCUT2D eigenvalue weighted by Crippen LogP contribution is -2.32. The first kappa shape index (κ1) is 9.58. The fourth-order valence-electron chi connectivity index (χ4n) is 1.08. The van der Waals surface area contributed by atoms with Crippen LogP contribution in [0.3, 0.4) is 0 Å². The normalized spacial score (nSPS) is 15.7. The monoisotopic (exact) mass is 178 g/mol. The second kappa shape index (κ2) is 3.94. The SMILES string of the molecule is C=C1C=CC(C)=CN1CC(=O)NC. The van der Waals surface area contributed by atoms with Crippen LogP contribution in [0.5, 0.6) is 0 Å². The van der Waals surface area contributed by atoms with E-state index in [1.165, 1.54) is 0 Å². The lowest BCUT2D eigenvalue weighted by molar-refractivity contribution is -0.120. The second-order valence-electron chi connectivity index (χ2n) is 3.00. The predicted molar refractivity (Wildman–Crippen MR) is 52.8 cm³/mol. The summed E-state index contributed by atoms with van der Waals surface area (Å²) in [7, 11) is 1.63. The second-order valence-corrected chi connectivity index (χ2v) is 3.00. The smallest absolute Gasteiger partial charge is 0.239 e. The van der Waals surface area contributed by atoms with Crippen LogP contribution in [0.15, 0.2) is 36.2 Å². The topological polar surface area (TPSA) is 32.3 Å². The molecule has 0 spiro atoms. The lowest BCUT2D eigenvalue weighted by Gasteiger charge is -2.23. The molecule has 0 unspecified atom stereocenters. The molecule has 0 aromatic heterocycles. The Kier molecular flexibility index (Phi) is 2.90. The van der Waals surface area contributed by atoms with Gasteiger partial charge in [-0.1, -0.05) is 12.7 Å². The van der Waals surface area contributed by atoms with E-state index in [0.717, 1.165) is 11.3 Å². The summed E-state index contributed by atoms with van der Waals surface area (Å²) in [6, 6.07) is 0. The molecular weight excluding hydrogens is 164 g/mol. The van der Waals surface area contributed by atoms with Gasteiger partial charge in [-0.3, -0.25) is 4.79 Å². The van der Waals surface area contributed by atoms with Gasteiger partial charge in [0.05, 0.1) is 0 Å². The van der Waals surface area contributed by atoms with E-state index in [1.807, 2.05) is 30.2 Å². The number of rotatable bonds is 2. The van der Waals surface area contributed by atoms with Gasteiger partial charge < -0.3 is 10.2 Å². The fraction of sp³-hybridized carbons (Fsp3) is 0.300. The van der Waals surface area contributed by atoms with Gasteiger partial charge in [0.25, 0.3) is 0 Å². The molecule has 0 fully saturated rings. The summed E-state index contributed by atoms with van der Waals surface area (Å²) < 4.78 is 0. The third kappa shape index (κ3) is 2.47. The quantitative estimate of drug-likeness (QED) is 0.684. The zero-order valence-corrected chi connectivity index (χ0v) is 8.00. The van der Waals surface area contributed by atoms with Gasteiger partial charge in [0, 0.05) is 18.9 Å². The van der Waals surface area contributed by atoms with Gasteiger partial charge in [0.2, 0.25) is 5.91 Å². The summed E-state index contributed by atoms with van der Waals surface area (Å²) in [6.07, 6.45) is 5.79. The molecule has 0 aliphatic carbocycles. The average molecular weight is 178 g/mol. The highest BCUT2D eigenvalue weighted by atomic mass is 16.1. The number of nitrogens with zero attached hydrogens (tertiary/aromatic N) is 1. The molecule has 1 rings (SSSR count). The first-order chi connectivity index (χ1) is 6.13. The number of likely N-dealkylation sites (N-methyl/N-ethyl adjacent to an activating group) is 1. The van der Waals surface area contributed by atoms with Crippen LogP contribution in [0.25, 0.3) is 0 Å². The first-order valence-corrected chi connectivity index (χ1v) is 4.16. The number of hydrogen-bond acceptors (Lipinski definition) is 2. The largest absolute Gasteiger partial charge is 0.358 e. The van der Waals surface area contributed by atoms with Crippen LogP contribution in [0.1, 0.15) is 6.92 Å². The maximum absolute atomic E-state index is 11.1. The zero-order valence-electron chi connectivity index (χ0n) is 8.00. The molecule has 0 aromatic carbocycles. The maximum Gasteiger partial charge on any atom is 0.239 e. The summed E-state index contributed by atoms with van der Waals surface area (Å²) in [5.41, 5.74) is 1.96. The van der Waals surface area contributed by atoms with Crippen LogP contribution in [0, 0.1) is 0 Å². The van der Waals surface area contributed by atoms with E-state index >= 15 is 0 Å². The van der Waals surface area contributed by atoms with Crippen LogP contribution < -0.4 is 5.32 Å². The van der Waals surface area contributed by atoms with Gasteiger partial charge in [0.15, 0.2) is 0 Å². The Morgan fingerprint density at radius 1 is 1.62 bits per heavy atom. The highest BCUT2D eigenvalue weighted by molar-refractivity contribution is 5.78. The van der Waals surface area contributed by atoms with E-state index < -0.39 is 0 Å². The highest BCUT2D eigenvalue weighted by Crippen LogP contribution is 2.13. The van der Waals surface area contributed by atoms with Crippen molar-refractivity contribution in [2.24, 2.45) is 0 Å². The van der Waals surface area contributed by atoms with Crippen LogP contribution in [0.4, 0.5) is 0 Å². The van der Waals surface area contributed by atoms with Crippen molar-refractivity contribution in [3.8, 4) is 0 Å². The van der Waals surface area contributed by atoms with Crippen LogP contribution in [0.2, 0.25) is 0 Å². The number of nitrogens with one attached hydrogen (secondary N) is 1. The maximum atomic E-state index is 11.1. The first-order valence-electron chi connectivity index (χ1n) is 4.16. The van der Waals surface area contributed by atoms with E-state index in [9.17, 15) is 4.79 Å². The minimum atomic E-state index is -0.0134. The fourth-order valence-corrected chi connectivity index (χ4v) is 1.08. The van der Waals surface area contributed by atoms with Crippen molar-refractivity contribution >= 4 is 5.91 Å². The number of carbonyl (C=O) groups is 1. The van der Waals surface area contributed by atoms with Crippen molar-refractivity contribution in [1.29, 1.82) is 0 Å². The van der Waals surface area contributed by atoms with Crippen LogP contribution in [-0.2, 0) is 4.79 Å². The molecule has 0 bridgehead atoms. The minimum absolute atomic E-state index is 0.0134. The van der Waals surface area contributed by atoms with Crippen molar-refractivity contribution in [2.75, 3.05) is 13.6 Å². The summed E-state index contributed by atoms with van der Waals surface area (Å²) in [6.45, 7) is 6.15. The van der Waals surface area contributed by atoms with Gasteiger partial charge in [-0.25, -0.2) is 0 Å². The molecule has 1 aliphatic rings. The Morgan fingerprint density at radius 3 is 2.92 bits per heavy atom. The number of allylic oxidation sites excluding steroid dienone is 3. The van der Waals surface area contributed by atoms with Gasteiger partial charge in [-0.15, -0.1) is 0 Å². The lowest BCUT2D eigenvalue weighted by atomic mass is 10.2. The Hall–Kier alpha value is -1.51. The summed E-state index contributed by atoms with van der Waals surface area (Å²) in [5, 5.41) is 2.57. The number of amides is 1. The van der Waals surface area contributed by atoms with Gasteiger partial charge in [-0.05, 0) is 18.6 Å². The van der Waals surface area contributed by atoms with Gasteiger partial charge >= 0.3 is 0 Å². The van der Waals surface area contributed by atoms with E-state index in [4.69, 9.17) is 0 Å². The molecule has 0 aromatic rings. The Balaban J connectivity index is 2.65. The van der Waals surface area contributed by atoms with Crippen molar-refractivity contribution in [3.05, 3.63) is 36.2 Å². The predicted octanol–water partition coefficient (Wildman–Crippen LogP) is 1.02. The highest BCUT2D eigenvalue weighted by Gasteiger charge is 2.09. The Bertz CT molecular complexity index is 289. The third-order valence-electron chi connectivity index (χ3n) is 1.86. The number of hydrogen-bond donors (Lipinski definition) is 1. The van der Waals surface area contributed by atoms with Crippen molar-refractivity contribution in [3.63, 3.8) is 0 Å². The van der Waals surface area contributed by atoms with Gasteiger partial charge in [0.1, 0.15) is 6.54 Å². The summed E-state index contributed by atoms with van der Waals surface area (Å²) >= 11 is 0. The molecular formula is C10H14N2O. The van der Waals surface area contributed by atoms with E-state index in [1.54, 1.807) is 7.05 Å². The molecule has 1 heterocycles. The number of carbonyl (C=O) groups excluding carboxylic acids is 1. The van der Waals surface area contributed by atoms with Crippen molar-refractivity contribution < 1.29 is 4.79 Å². The minimum Gasteiger partial charge on any atom is -0.358 e. The Morgan fingerprint density at radius 2 is 2.31 bits per heavy atom. The van der Waals surface area contributed by atoms with Crippen molar-refractivity contribution in [2.45, 2.75) is 6.92 Å². The molecule has 0 saturated heterocycles. The van der Waals surface area contributed by atoms with Crippen molar-refractivity contribution in [1.82, 2.24) is 10.2 Å². The van der Waals surface area contributed by atoms with Gasteiger partial charge in [-0.2, -0.15) is 0 Å². The van der Waals surface area contributed by atoms with E-state index in [-0.39, 0.29) is 5.91 Å². The molecule has 1 aliphatic heterocycles. The third-order valence-corrected chi connectivity index (χ3v) is 1.86. The summed E-state index contributed by atoms with van der Waals surface area (Å²) in [5.74, 6) is -0.0134. The molecule has 0 atom stereocenters. The van der Waals surface area contributed by atoms with E-state index in [2.05, 4.69) is 11.9 Å². The standard InChI is InChI=1S/C10H14N2O/c1-8-4-5-9(2)12(6-8)7-10(13)11-3/h4-6H,2,7H2,1,3H3,(H,11,13). The molecule has 1 N–H and O–H groups in total. The zero-order chi connectivity index (χ0) is 9.84. The Labute approximate surface area is 78.4 Å².